The predicted octanol–water partition coefficient (Wildman–Crippen LogP) is 21.9. The Morgan fingerprint density at radius 2 is 0.547 bits per heavy atom. The summed E-state index contributed by atoms with van der Waals surface area (Å²) in [4.78, 5) is 38.2. The fourth-order valence-corrected chi connectivity index (χ4v) is 9.10. The molecule has 0 saturated heterocycles. The van der Waals surface area contributed by atoms with Gasteiger partial charge in [0.2, 0.25) is 0 Å². The lowest BCUT2D eigenvalue weighted by Crippen LogP contribution is -2.30. The summed E-state index contributed by atoms with van der Waals surface area (Å²) in [6.45, 7) is 6.49. The highest BCUT2D eigenvalue weighted by Crippen LogP contribution is 2.17. The van der Waals surface area contributed by atoms with Gasteiger partial charge in [-0.15, -0.1) is 0 Å². The number of rotatable bonds is 58. The molecule has 0 saturated carbocycles. The second kappa shape index (κ2) is 63.1. The highest BCUT2D eigenvalue weighted by atomic mass is 16.6. The molecule has 6 heteroatoms. The first kappa shape index (κ1) is 71.6. The van der Waals surface area contributed by atoms with Crippen LogP contribution in [0.25, 0.3) is 0 Å². The van der Waals surface area contributed by atoms with Crippen LogP contribution in [-0.2, 0) is 28.6 Å². The van der Waals surface area contributed by atoms with Gasteiger partial charge < -0.3 is 14.2 Å². The van der Waals surface area contributed by atoms with Gasteiger partial charge in [0.25, 0.3) is 0 Å². The molecule has 0 aromatic rings. The minimum atomic E-state index is -0.779. The van der Waals surface area contributed by atoms with Crippen molar-refractivity contribution in [2.75, 3.05) is 13.2 Å². The van der Waals surface area contributed by atoms with E-state index >= 15 is 0 Å². The van der Waals surface area contributed by atoms with E-state index < -0.39 is 6.10 Å². The molecule has 0 radical (unpaired) electrons. The Morgan fingerprint density at radius 1 is 0.280 bits per heavy atom. The Balaban J connectivity index is 4.21. The third kappa shape index (κ3) is 61.3. The van der Waals surface area contributed by atoms with Crippen LogP contribution in [0.4, 0.5) is 0 Å². The molecule has 0 aliphatic rings. The minimum Gasteiger partial charge on any atom is -0.462 e. The molecule has 1 atom stereocenters. The van der Waals surface area contributed by atoms with Gasteiger partial charge in [-0.1, -0.05) is 292 Å². The van der Waals surface area contributed by atoms with E-state index in [1.165, 1.54) is 167 Å². The van der Waals surface area contributed by atoms with Crippen LogP contribution in [0.2, 0.25) is 0 Å². The van der Waals surface area contributed by atoms with Crippen molar-refractivity contribution >= 4 is 17.9 Å². The van der Waals surface area contributed by atoms with Crippen LogP contribution in [0.1, 0.15) is 316 Å². The van der Waals surface area contributed by atoms with Gasteiger partial charge in [-0.25, -0.2) is 0 Å². The molecule has 0 rings (SSSR count). The minimum absolute atomic E-state index is 0.0783. The van der Waals surface area contributed by atoms with Gasteiger partial charge >= 0.3 is 17.9 Å². The van der Waals surface area contributed by atoms with Gasteiger partial charge in [-0.3, -0.25) is 14.4 Å². The third-order valence-electron chi connectivity index (χ3n) is 13.9. The zero-order valence-electron chi connectivity index (χ0n) is 49.6. The number of carbonyl (C=O) groups excluding carboxylic acids is 3. The lowest BCUT2D eigenvalue weighted by Gasteiger charge is -2.18. The maximum absolute atomic E-state index is 12.9. The molecule has 0 spiro atoms. The molecule has 432 valence electrons. The number of esters is 3. The van der Waals surface area contributed by atoms with Crippen LogP contribution < -0.4 is 0 Å². The van der Waals surface area contributed by atoms with Gasteiger partial charge in [0.1, 0.15) is 13.2 Å². The number of carbonyl (C=O) groups is 3. The zero-order valence-corrected chi connectivity index (χ0v) is 49.6. The maximum Gasteiger partial charge on any atom is 0.306 e. The van der Waals surface area contributed by atoms with Crippen LogP contribution in [0.3, 0.4) is 0 Å². The van der Waals surface area contributed by atoms with Crippen molar-refractivity contribution in [3.05, 3.63) is 85.1 Å². The van der Waals surface area contributed by atoms with Crippen molar-refractivity contribution in [1.82, 2.24) is 0 Å². The van der Waals surface area contributed by atoms with Crippen molar-refractivity contribution in [2.45, 2.75) is 322 Å². The lowest BCUT2D eigenvalue weighted by atomic mass is 10.0. The van der Waals surface area contributed by atoms with Gasteiger partial charge in [0, 0.05) is 19.3 Å². The molecule has 0 aromatic carbocycles. The largest absolute Gasteiger partial charge is 0.462 e. The maximum atomic E-state index is 12.9. The summed E-state index contributed by atoms with van der Waals surface area (Å²) < 4.78 is 16.9. The number of ether oxygens (including phenoxy) is 3. The van der Waals surface area contributed by atoms with Crippen molar-refractivity contribution in [1.29, 1.82) is 0 Å². The van der Waals surface area contributed by atoms with Crippen LogP contribution >= 0.6 is 0 Å². The summed E-state index contributed by atoms with van der Waals surface area (Å²) in [5.74, 6) is -0.880. The third-order valence-corrected chi connectivity index (χ3v) is 13.9. The summed E-state index contributed by atoms with van der Waals surface area (Å²) in [5, 5.41) is 0. The highest BCUT2D eigenvalue weighted by Gasteiger charge is 2.19. The van der Waals surface area contributed by atoms with E-state index in [1.54, 1.807) is 0 Å². The Kier molecular flexibility index (Phi) is 60.3. The van der Waals surface area contributed by atoms with Crippen LogP contribution in [0.15, 0.2) is 85.1 Å². The first-order valence-corrected chi connectivity index (χ1v) is 32.1. The molecular formula is C69H120O6. The van der Waals surface area contributed by atoms with Gasteiger partial charge in [0.05, 0.1) is 0 Å². The molecule has 0 aromatic heterocycles. The first-order valence-electron chi connectivity index (χ1n) is 32.1. The molecule has 0 aliphatic carbocycles. The molecule has 0 heterocycles. The average Bonchev–Trinajstić information content (AvgIpc) is 3.41. The van der Waals surface area contributed by atoms with Crippen LogP contribution in [0.5, 0.6) is 0 Å². The summed E-state index contributed by atoms with van der Waals surface area (Å²) in [6, 6.07) is 0. The molecule has 6 nitrogen and oxygen atoms in total. The topological polar surface area (TPSA) is 78.9 Å². The molecule has 0 fully saturated rings. The number of hydrogen-bond donors (Lipinski definition) is 0. The Labute approximate surface area is 465 Å². The fourth-order valence-electron chi connectivity index (χ4n) is 9.10. The summed E-state index contributed by atoms with van der Waals surface area (Å²) >= 11 is 0. The van der Waals surface area contributed by atoms with Crippen molar-refractivity contribution < 1.29 is 28.6 Å². The van der Waals surface area contributed by atoms with E-state index in [4.69, 9.17) is 14.2 Å². The summed E-state index contributed by atoms with van der Waals surface area (Å²) in [5.41, 5.74) is 0. The molecule has 0 amide bonds. The Morgan fingerprint density at radius 3 is 0.880 bits per heavy atom. The Bertz CT molecular complexity index is 1430. The summed E-state index contributed by atoms with van der Waals surface area (Å²) in [6.07, 6.45) is 83.1. The number of hydrogen-bond acceptors (Lipinski definition) is 6. The molecule has 75 heavy (non-hydrogen) atoms. The second-order valence-electron chi connectivity index (χ2n) is 21.3. The average molecular weight is 1050 g/mol. The van der Waals surface area contributed by atoms with E-state index in [1.807, 2.05) is 0 Å². The van der Waals surface area contributed by atoms with Gasteiger partial charge in [0.15, 0.2) is 6.10 Å². The van der Waals surface area contributed by atoms with Crippen molar-refractivity contribution in [3.8, 4) is 0 Å². The highest BCUT2D eigenvalue weighted by molar-refractivity contribution is 5.71. The van der Waals surface area contributed by atoms with E-state index in [9.17, 15) is 14.4 Å². The standard InChI is InChI=1S/C69H120O6/c1-4-7-10-13-16-19-22-24-26-28-30-31-32-33-34-35-36-37-38-39-40-42-43-45-47-50-53-56-59-62-68(71)74-65-66(64-73-67(70)61-58-55-52-49-21-18-15-12-9-6-3)75-69(72)63-60-57-54-51-48-46-44-41-29-27-25-23-20-17-14-11-8-5-2/h7,10,12,15-16,19,24,26,30-31,33-34,36-37,66H,4-6,8-9,11,13-14,17-18,20-23,25,27-29,32,35,38-65H2,1-3H3/b10-7-,15-12-,19-16-,26-24-,31-30-,34-33-,37-36-. The Hall–Kier alpha value is -3.41. The normalized spacial score (nSPS) is 12.6. The van der Waals surface area contributed by atoms with Crippen molar-refractivity contribution in [3.63, 3.8) is 0 Å². The molecule has 0 bridgehead atoms. The molecular weight excluding hydrogens is 925 g/mol. The fraction of sp³-hybridized carbons (Fsp3) is 0.754. The van der Waals surface area contributed by atoms with Crippen LogP contribution in [-0.4, -0.2) is 37.2 Å². The lowest BCUT2D eigenvalue weighted by molar-refractivity contribution is -0.167. The monoisotopic (exact) mass is 1040 g/mol. The predicted molar refractivity (Wildman–Crippen MR) is 325 cm³/mol. The zero-order chi connectivity index (χ0) is 54.3. The van der Waals surface area contributed by atoms with Crippen LogP contribution in [0, 0.1) is 0 Å². The van der Waals surface area contributed by atoms with E-state index in [0.717, 1.165) is 109 Å². The van der Waals surface area contributed by atoms with E-state index in [-0.39, 0.29) is 31.1 Å². The molecule has 1 unspecified atom stereocenters. The van der Waals surface area contributed by atoms with Crippen molar-refractivity contribution in [2.24, 2.45) is 0 Å². The van der Waals surface area contributed by atoms with Gasteiger partial charge in [-0.05, 0) is 89.9 Å². The van der Waals surface area contributed by atoms with E-state index in [0.29, 0.717) is 19.3 Å². The second-order valence-corrected chi connectivity index (χ2v) is 21.3. The molecule has 0 N–H and O–H groups in total. The number of allylic oxidation sites excluding steroid dienone is 14. The van der Waals surface area contributed by atoms with E-state index in [2.05, 4.69) is 106 Å². The first-order chi connectivity index (χ1) is 37.0. The van der Waals surface area contributed by atoms with Gasteiger partial charge in [-0.2, -0.15) is 0 Å². The molecule has 0 aliphatic heterocycles. The summed E-state index contributed by atoms with van der Waals surface area (Å²) in [7, 11) is 0. The number of unbranched alkanes of at least 4 members (excludes halogenated alkanes) is 33. The smallest absolute Gasteiger partial charge is 0.306 e. The SMILES string of the molecule is CC/C=C\C/C=C\C/C=C\C/C=C\C/C=C\C/C=C\CCCCCCCCCCCCC(=O)OCC(COC(=O)CCCCCCC/C=C\CCC)OC(=O)CCCCCCCCCCCCCCCCCCCC. The quantitative estimate of drug-likeness (QED) is 0.0261.